The smallest absolute Gasteiger partial charge is 0.254 e. The van der Waals surface area contributed by atoms with Crippen LogP contribution >= 0.6 is 0 Å². The monoisotopic (exact) mass is 230 g/mol. The van der Waals surface area contributed by atoms with E-state index in [0.29, 0.717) is 12.1 Å². The summed E-state index contributed by atoms with van der Waals surface area (Å²) in [6.07, 6.45) is 0.859. The lowest BCUT2D eigenvalue weighted by molar-refractivity contribution is 0.0776. The first-order chi connectivity index (χ1) is 8.10. The van der Waals surface area contributed by atoms with Crippen LogP contribution < -0.4 is 0 Å². The predicted molar refractivity (Wildman–Crippen MR) is 67.7 cm³/mol. The van der Waals surface area contributed by atoms with Crippen molar-refractivity contribution in [1.29, 1.82) is 5.26 Å². The van der Waals surface area contributed by atoms with Crippen LogP contribution in [0.15, 0.2) is 18.2 Å². The van der Waals surface area contributed by atoms with E-state index in [1.54, 1.807) is 4.90 Å². The predicted octanol–water partition coefficient (Wildman–Crippen LogP) is 2.68. The summed E-state index contributed by atoms with van der Waals surface area (Å²) in [6.45, 7) is 6.78. The number of amides is 1. The first-order valence-electron chi connectivity index (χ1n) is 5.83. The number of hydrogen-bond acceptors (Lipinski definition) is 2. The summed E-state index contributed by atoms with van der Waals surface area (Å²) in [6, 6.07) is 7.69. The molecule has 1 amide bonds. The number of nitrogens with zero attached hydrogens (tertiary/aromatic N) is 2. The number of hydrogen-bond donors (Lipinski definition) is 0. The second-order valence-corrected chi connectivity index (χ2v) is 4.18. The minimum Gasteiger partial charge on any atom is -0.325 e. The molecule has 0 radical (unpaired) electrons. The van der Waals surface area contributed by atoms with Gasteiger partial charge in [-0.25, -0.2) is 0 Å². The zero-order valence-corrected chi connectivity index (χ0v) is 10.7. The van der Waals surface area contributed by atoms with Gasteiger partial charge in [0.05, 0.1) is 6.07 Å². The number of nitriles is 1. The summed E-state index contributed by atoms with van der Waals surface area (Å²) in [5.74, 6) is -0.0588. The topological polar surface area (TPSA) is 44.1 Å². The molecule has 0 aliphatic rings. The molecular formula is C14H18N2O. The Balaban J connectivity index is 2.93. The summed E-state index contributed by atoms with van der Waals surface area (Å²) in [5.41, 5.74) is 2.94. The quantitative estimate of drug-likeness (QED) is 0.746. The van der Waals surface area contributed by atoms with Crippen LogP contribution in [0, 0.1) is 25.2 Å². The average molecular weight is 230 g/mol. The van der Waals surface area contributed by atoms with Crippen LogP contribution in [-0.4, -0.2) is 23.9 Å². The van der Waals surface area contributed by atoms with E-state index in [1.165, 1.54) is 5.56 Å². The second kappa shape index (κ2) is 6.05. The SMILES string of the molecule is CCCN(CC#N)C(=O)c1ccc(C)c(C)c1. The molecule has 0 aromatic heterocycles. The van der Waals surface area contributed by atoms with Gasteiger partial charge in [-0.15, -0.1) is 0 Å². The Labute approximate surface area is 103 Å². The van der Waals surface area contributed by atoms with Gasteiger partial charge in [-0.3, -0.25) is 4.79 Å². The molecule has 0 atom stereocenters. The maximum absolute atomic E-state index is 12.2. The van der Waals surface area contributed by atoms with Gasteiger partial charge in [-0.05, 0) is 43.5 Å². The van der Waals surface area contributed by atoms with Crippen molar-refractivity contribution < 1.29 is 4.79 Å². The van der Waals surface area contributed by atoms with Gasteiger partial charge < -0.3 is 4.90 Å². The molecule has 0 bridgehead atoms. The van der Waals surface area contributed by atoms with Gasteiger partial charge in [-0.1, -0.05) is 13.0 Å². The van der Waals surface area contributed by atoms with E-state index in [9.17, 15) is 4.79 Å². The zero-order valence-electron chi connectivity index (χ0n) is 10.7. The van der Waals surface area contributed by atoms with Crippen LogP contribution in [0.3, 0.4) is 0 Å². The lowest BCUT2D eigenvalue weighted by Gasteiger charge is -2.19. The van der Waals surface area contributed by atoms with Crippen molar-refractivity contribution in [3.63, 3.8) is 0 Å². The molecule has 1 aromatic rings. The molecule has 0 unspecified atom stereocenters. The van der Waals surface area contributed by atoms with Gasteiger partial charge in [0.2, 0.25) is 0 Å². The average Bonchev–Trinajstić information content (AvgIpc) is 2.31. The van der Waals surface area contributed by atoms with E-state index in [0.717, 1.165) is 12.0 Å². The molecule has 0 spiro atoms. The van der Waals surface area contributed by atoms with E-state index in [-0.39, 0.29) is 12.5 Å². The molecule has 0 aliphatic heterocycles. The Morgan fingerprint density at radius 1 is 1.35 bits per heavy atom. The first-order valence-corrected chi connectivity index (χ1v) is 5.83. The van der Waals surface area contributed by atoms with Crippen molar-refractivity contribution in [1.82, 2.24) is 4.90 Å². The van der Waals surface area contributed by atoms with E-state index in [4.69, 9.17) is 5.26 Å². The number of benzene rings is 1. The summed E-state index contributed by atoms with van der Waals surface area (Å²) in [4.78, 5) is 13.8. The fourth-order valence-electron chi connectivity index (χ4n) is 1.66. The minimum atomic E-state index is -0.0588. The third-order valence-corrected chi connectivity index (χ3v) is 2.80. The van der Waals surface area contributed by atoms with Crippen molar-refractivity contribution in [2.45, 2.75) is 27.2 Å². The summed E-state index contributed by atoms with van der Waals surface area (Å²) in [7, 11) is 0. The Kier molecular flexibility index (Phi) is 4.71. The molecule has 0 N–H and O–H groups in total. The molecule has 17 heavy (non-hydrogen) atoms. The maximum atomic E-state index is 12.2. The molecule has 0 heterocycles. The molecule has 0 saturated heterocycles. The standard InChI is InChI=1S/C14H18N2O/c1-4-8-16(9-7-15)14(17)13-6-5-11(2)12(3)10-13/h5-6,10H,4,8-9H2,1-3H3. The van der Waals surface area contributed by atoms with E-state index >= 15 is 0 Å². The summed E-state index contributed by atoms with van der Waals surface area (Å²) < 4.78 is 0. The molecule has 0 aliphatic carbocycles. The van der Waals surface area contributed by atoms with E-state index in [2.05, 4.69) is 0 Å². The summed E-state index contributed by atoms with van der Waals surface area (Å²) in [5, 5.41) is 8.71. The van der Waals surface area contributed by atoms with Crippen molar-refractivity contribution in [3.05, 3.63) is 34.9 Å². The lowest BCUT2D eigenvalue weighted by Crippen LogP contribution is -2.32. The van der Waals surface area contributed by atoms with Crippen LogP contribution in [0.25, 0.3) is 0 Å². The third kappa shape index (κ3) is 3.32. The van der Waals surface area contributed by atoms with E-state index in [1.807, 2.05) is 45.0 Å². The number of rotatable bonds is 4. The Bertz CT molecular complexity index is 446. The van der Waals surface area contributed by atoms with Gasteiger partial charge in [-0.2, -0.15) is 5.26 Å². The van der Waals surface area contributed by atoms with Crippen molar-refractivity contribution >= 4 is 5.91 Å². The zero-order chi connectivity index (χ0) is 12.8. The molecule has 1 aromatic carbocycles. The highest BCUT2D eigenvalue weighted by molar-refractivity contribution is 5.94. The fourth-order valence-corrected chi connectivity index (χ4v) is 1.66. The molecule has 0 saturated carbocycles. The van der Waals surface area contributed by atoms with Crippen molar-refractivity contribution in [3.8, 4) is 6.07 Å². The van der Waals surface area contributed by atoms with Gasteiger partial charge in [0.25, 0.3) is 5.91 Å². The van der Waals surface area contributed by atoms with Gasteiger partial charge in [0, 0.05) is 12.1 Å². The summed E-state index contributed by atoms with van der Waals surface area (Å²) >= 11 is 0. The van der Waals surface area contributed by atoms with Gasteiger partial charge in [0.1, 0.15) is 6.54 Å². The highest BCUT2D eigenvalue weighted by Crippen LogP contribution is 2.12. The van der Waals surface area contributed by atoms with Crippen LogP contribution in [0.5, 0.6) is 0 Å². The Morgan fingerprint density at radius 2 is 2.06 bits per heavy atom. The van der Waals surface area contributed by atoms with Crippen LogP contribution in [0.4, 0.5) is 0 Å². The van der Waals surface area contributed by atoms with Crippen LogP contribution in [0.1, 0.15) is 34.8 Å². The molecular weight excluding hydrogens is 212 g/mol. The number of carbonyl (C=O) groups excluding carboxylic acids is 1. The molecule has 0 fully saturated rings. The molecule has 90 valence electrons. The van der Waals surface area contributed by atoms with Gasteiger partial charge in [0.15, 0.2) is 0 Å². The first kappa shape index (κ1) is 13.2. The van der Waals surface area contributed by atoms with Crippen molar-refractivity contribution in [2.75, 3.05) is 13.1 Å². The minimum absolute atomic E-state index is 0.0588. The molecule has 3 nitrogen and oxygen atoms in total. The highest BCUT2D eigenvalue weighted by atomic mass is 16.2. The number of carbonyl (C=O) groups is 1. The fraction of sp³-hybridized carbons (Fsp3) is 0.429. The van der Waals surface area contributed by atoms with Gasteiger partial charge >= 0.3 is 0 Å². The maximum Gasteiger partial charge on any atom is 0.254 e. The highest BCUT2D eigenvalue weighted by Gasteiger charge is 2.14. The lowest BCUT2D eigenvalue weighted by atomic mass is 10.1. The largest absolute Gasteiger partial charge is 0.325 e. The third-order valence-electron chi connectivity index (χ3n) is 2.80. The second-order valence-electron chi connectivity index (χ2n) is 4.18. The van der Waals surface area contributed by atoms with E-state index < -0.39 is 0 Å². The normalized spacial score (nSPS) is 9.76. The molecule has 3 heteroatoms. The molecule has 1 rings (SSSR count). The number of aryl methyl sites for hydroxylation is 2. The van der Waals surface area contributed by atoms with Crippen LogP contribution in [-0.2, 0) is 0 Å². The van der Waals surface area contributed by atoms with Crippen molar-refractivity contribution in [2.24, 2.45) is 0 Å². The van der Waals surface area contributed by atoms with Crippen LogP contribution in [0.2, 0.25) is 0 Å². The Morgan fingerprint density at radius 3 is 2.59 bits per heavy atom. The Hall–Kier alpha value is -1.82.